The lowest BCUT2D eigenvalue weighted by atomic mass is 10.2. The maximum atomic E-state index is 5.65. The highest BCUT2D eigenvalue weighted by Gasteiger charge is 2.27. The number of nitrogens with zero attached hydrogens (tertiary/aromatic N) is 3. The number of aromatic nitrogens is 2. The standard InChI is InChI=1S/C15H19N3O2S/c1-11-10-21-15(17-11)13-9-20-7-6-18(13)8-12-4-3-5-16-14(12)19-2/h3-5,10,13H,6-9H2,1-2H3. The van der Waals surface area contributed by atoms with Gasteiger partial charge in [-0.25, -0.2) is 9.97 Å². The van der Waals surface area contributed by atoms with Crippen LogP contribution in [0.2, 0.25) is 0 Å². The zero-order chi connectivity index (χ0) is 14.7. The maximum Gasteiger partial charge on any atom is 0.217 e. The van der Waals surface area contributed by atoms with Gasteiger partial charge in [-0.15, -0.1) is 11.3 Å². The molecule has 3 rings (SSSR count). The van der Waals surface area contributed by atoms with Crippen LogP contribution in [0, 0.1) is 6.92 Å². The Morgan fingerprint density at radius 2 is 2.43 bits per heavy atom. The molecule has 0 spiro atoms. The van der Waals surface area contributed by atoms with E-state index in [2.05, 4.69) is 26.3 Å². The van der Waals surface area contributed by atoms with Crippen molar-refractivity contribution >= 4 is 11.3 Å². The van der Waals surface area contributed by atoms with Crippen molar-refractivity contribution in [1.29, 1.82) is 0 Å². The molecule has 0 bridgehead atoms. The van der Waals surface area contributed by atoms with Crippen molar-refractivity contribution < 1.29 is 9.47 Å². The third-order valence-corrected chi connectivity index (χ3v) is 4.64. The average Bonchev–Trinajstić information content (AvgIpc) is 2.95. The first kappa shape index (κ1) is 14.4. The minimum Gasteiger partial charge on any atom is -0.481 e. The van der Waals surface area contributed by atoms with Gasteiger partial charge in [0, 0.05) is 35.9 Å². The van der Waals surface area contributed by atoms with E-state index in [0.717, 1.165) is 36.0 Å². The Kier molecular flexibility index (Phi) is 4.48. The first-order valence-corrected chi connectivity index (χ1v) is 7.87. The fourth-order valence-electron chi connectivity index (χ4n) is 2.53. The number of rotatable bonds is 4. The van der Waals surface area contributed by atoms with Crippen LogP contribution in [-0.2, 0) is 11.3 Å². The fourth-order valence-corrected chi connectivity index (χ4v) is 3.44. The Morgan fingerprint density at radius 1 is 1.52 bits per heavy atom. The summed E-state index contributed by atoms with van der Waals surface area (Å²) < 4.78 is 11.0. The summed E-state index contributed by atoms with van der Waals surface area (Å²) in [7, 11) is 1.66. The van der Waals surface area contributed by atoms with E-state index in [-0.39, 0.29) is 6.04 Å². The number of methoxy groups -OCH3 is 1. The lowest BCUT2D eigenvalue weighted by Crippen LogP contribution is -2.39. The van der Waals surface area contributed by atoms with E-state index in [1.165, 1.54) is 0 Å². The van der Waals surface area contributed by atoms with Crippen molar-refractivity contribution in [3.8, 4) is 5.88 Å². The molecular weight excluding hydrogens is 286 g/mol. The Balaban J connectivity index is 1.81. The Morgan fingerprint density at radius 3 is 3.19 bits per heavy atom. The zero-order valence-electron chi connectivity index (χ0n) is 12.3. The van der Waals surface area contributed by atoms with Crippen LogP contribution in [0.5, 0.6) is 5.88 Å². The van der Waals surface area contributed by atoms with E-state index in [9.17, 15) is 0 Å². The van der Waals surface area contributed by atoms with Gasteiger partial charge in [0.25, 0.3) is 0 Å². The zero-order valence-corrected chi connectivity index (χ0v) is 13.1. The van der Waals surface area contributed by atoms with Crippen LogP contribution in [0.25, 0.3) is 0 Å². The molecule has 0 amide bonds. The second-order valence-corrected chi connectivity index (χ2v) is 5.95. The Labute approximate surface area is 128 Å². The summed E-state index contributed by atoms with van der Waals surface area (Å²) >= 11 is 1.70. The van der Waals surface area contributed by atoms with Crippen molar-refractivity contribution in [2.75, 3.05) is 26.9 Å². The molecule has 2 aromatic heterocycles. The van der Waals surface area contributed by atoms with Gasteiger partial charge in [0.05, 0.1) is 26.4 Å². The summed E-state index contributed by atoms with van der Waals surface area (Å²) in [4.78, 5) is 11.3. The molecule has 3 heterocycles. The van der Waals surface area contributed by atoms with Crippen molar-refractivity contribution in [3.63, 3.8) is 0 Å². The third kappa shape index (κ3) is 3.23. The maximum absolute atomic E-state index is 5.65. The predicted molar refractivity (Wildman–Crippen MR) is 81.6 cm³/mol. The summed E-state index contributed by atoms with van der Waals surface area (Å²) in [6, 6.07) is 4.22. The van der Waals surface area contributed by atoms with Crippen LogP contribution >= 0.6 is 11.3 Å². The van der Waals surface area contributed by atoms with Gasteiger partial charge in [0.15, 0.2) is 0 Å². The van der Waals surface area contributed by atoms with Gasteiger partial charge < -0.3 is 9.47 Å². The first-order valence-electron chi connectivity index (χ1n) is 6.99. The van der Waals surface area contributed by atoms with Crippen LogP contribution in [0.4, 0.5) is 0 Å². The average molecular weight is 305 g/mol. The van der Waals surface area contributed by atoms with Crippen LogP contribution in [0.3, 0.4) is 0 Å². The lowest BCUT2D eigenvalue weighted by molar-refractivity contribution is -0.0131. The van der Waals surface area contributed by atoms with Crippen LogP contribution in [0.15, 0.2) is 23.7 Å². The van der Waals surface area contributed by atoms with E-state index in [4.69, 9.17) is 9.47 Å². The fraction of sp³-hybridized carbons (Fsp3) is 0.467. The van der Waals surface area contributed by atoms with Gasteiger partial charge >= 0.3 is 0 Å². The smallest absolute Gasteiger partial charge is 0.217 e. The van der Waals surface area contributed by atoms with Crippen LogP contribution in [-0.4, -0.2) is 41.7 Å². The molecule has 5 nitrogen and oxygen atoms in total. The quantitative estimate of drug-likeness (QED) is 0.868. The van der Waals surface area contributed by atoms with E-state index < -0.39 is 0 Å². The monoisotopic (exact) mass is 305 g/mol. The molecular formula is C15H19N3O2S. The second kappa shape index (κ2) is 6.51. The van der Waals surface area contributed by atoms with Gasteiger partial charge in [-0.3, -0.25) is 4.90 Å². The molecule has 0 radical (unpaired) electrons. The molecule has 0 aromatic carbocycles. The number of hydrogen-bond donors (Lipinski definition) is 0. The molecule has 0 saturated carbocycles. The molecule has 2 aromatic rings. The minimum atomic E-state index is 0.211. The van der Waals surface area contributed by atoms with E-state index in [1.54, 1.807) is 24.6 Å². The summed E-state index contributed by atoms with van der Waals surface area (Å²) in [5.74, 6) is 0.693. The molecule has 112 valence electrons. The number of aryl methyl sites for hydroxylation is 1. The van der Waals surface area contributed by atoms with Crippen LogP contribution < -0.4 is 4.74 Å². The highest BCUT2D eigenvalue weighted by atomic mass is 32.1. The van der Waals surface area contributed by atoms with Crippen molar-refractivity contribution in [1.82, 2.24) is 14.9 Å². The number of thiazole rings is 1. The molecule has 1 atom stereocenters. The molecule has 1 unspecified atom stereocenters. The summed E-state index contributed by atoms with van der Waals surface area (Å²) in [5.41, 5.74) is 2.17. The molecule has 6 heteroatoms. The van der Waals surface area contributed by atoms with Gasteiger partial charge in [0.1, 0.15) is 5.01 Å². The third-order valence-electron chi connectivity index (χ3n) is 3.58. The van der Waals surface area contributed by atoms with Crippen molar-refractivity contribution in [2.24, 2.45) is 0 Å². The largest absolute Gasteiger partial charge is 0.481 e. The van der Waals surface area contributed by atoms with Gasteiger partial charge in [0.2, 0.25) is 5.88 Å². The van der Waals surface area contributed by atoms with Crippen molar-refractivity contribution in [2.45, 2.75) is 19.5 Å². The van der Waals surface area contributed by atoms with E-state index >= 15 is 0 Å². The van der Waals surface area contributed by atoms with E-state index in [1.807, 2.05) is 13.0 Å². The lowest BCUT2D eigenvalue weighted by Gasteiger charge is -2.34. The summed E-state index contributed by atoms with van der Waals surface area (Å²) in [6.07, 6.45) is 1.75. The summed E-state index contributed by atoms with van der Waals surface area (Å²) in [6.45, 7) is 5.15. The normalized spacial score (nSPS) is 19.6. The topological polar surface area (TPSA) is 47.5 Å². The van der Waals surface area contributed by atoms with Crippen molar-refractivity contribution in [3.05, 3.63) is 40.0 Å². The van der Waals surface area contributed by atoms with Crippen LogP contribution in [0.1, 0.15) is 22.3 Å². The SMILES string of the molecule is COc1ncccc1CN1CCOCC1c1nc(C)cs1. The van der Waals surface area contributed by atoms with E-state index in [0.29, 0.717) is 12.5 Å². The molecule has 21 heavy (non-hydrogen) atoms. The second-order valence-electron chi connectivity index (χ2n) is 5.06. The minimum absolute atomic E-state index is 0.211. The molecule has 1 aliphatic heterocycles. The first-order chi connectivity index (χ1) is 10.3. The number of ether oxygens (including phenoxy) is 2. The molecule has 1 saturated heterocycles. The molecule has 0 N–H and O–H groups in total. The molecule has 0 aliphatic carbocycles. The summed E-state index contributed by atoms with van der Waals surface area (Å²) in [5, 5.41) is 3.21. The number of morpholine rings is 1. The molecule has 1 aliphatic rings. The molecule has 1 fully saturated rings. The number of hydrogen-bond acceptors (Lipinski definition) is 6. The Bertz CT molecular complexity index is 602. The van der Waals surface area contributed by atoms with Gasteiger partial charge in [-0.1, -0.05) is 6.07 Å². The highest BCUT2D eigenvalue weighted by molar-refractivity contribution is 7.09. The highest BCUT2D eigenvalue weighted by Crippen LogP contribution is 2.29. The predicted octanol–water partition coefficient (Wildman–Crippen LogP) is 2.43. The van der Waals surface area contributed by atoms with Gasteiger partial charge in [-0.05, 0) is 13.0 Å². The van der Waals surface area contributed by atoms with Gasteiger partial charge in [-0.2, -0.15) is 0 Å². The Hall–Kier alpha value is -1.50. The number of pyridine rings is 1.